The fourth-order valence-corrected chi connectivity index (χ4v) is 3.04. The molecule has 1 saturated carbocycles. The first-order valence-corrected chi connectivity index (χ1v) is 8.22. The lowest BCUT2D eigenvalue weighted by Crippen LogP contribution is -2.32. The molecule has 0 amide bonds. The molecule has 0 aliphatic heterocycles. The van der Waals surface area contributed by atoms with Crippen LogP contribution in [0, 0.1) is 0 Å². The number of nitrogens with zero attached hydrogens (tertiary/aromatic N) is 2. The number of rotatable bonds is 8. The highest BCUT2D eigenvalue weighted by Crippen LogP contribution is 2.24. The monoisotopic (exact) mass is 275 g/mol. The Morgan fingerprint density at radius 1 is 1.25 bits per heavy atom. The molecule has 1 aliphatic rings. The van der Waals surface area contributed by atoms with Crippen LogP contribution in [-0.2, 0) is 13.1 Å². The van der Waals surface area contributed by atoms with Crippen molar-refractivity contribution in [3.63, 3.8) is 0 Å². The van der Waals surface area contributed by atoms with Crippen LogP contribution in [0.15, 0.2) is 18.3 Å². The van der Waals surface area contributed by atoms with Gasteiger partial charge in [0, 0.05) is 25.3 Å². The van der Waals surface area contributed by atoms with Crippen LogP contribution in [-0.4, -0.2) is 29.0 Å². The second kappa shape index (κ2) is 8.38. The lowest BCUT2D eigenvalue weighted by atomic mass is 10.2. The van der Waals surface area contributed by atoms with E-state index in [4.69, 9.17) is 0 Å². The maximum absolute atomic E-state index is 4.63. The summed E-state index contributed by atoms with van der Waals surface area (Å²) in [5, 5.41) is 3.42. The second-order valence-corrected chi connectivity index (χ2v) is 5.84. The molecule has 1 fully saturated rings. The molecule has 1 N–H and O–H groups in total. The minimum atomic E-state index is 0.785. The maximum Gasteiger partial charge on any atom is 0.0544 e. The Labute approximate surface area is 123 Å². The Kier molecular flexibility index (Phi) is 6.48. The van der Waals surface area contributed by atoms with Crippen molar-refractivity contribution >= 4 is 0 Å². The van der Waals surface area contributed by atoms with Gasteiger partial charge in [-0.1, -0.05) is 32.8 Å². The average Bonchev–Trinajstić information content (AvgIpc) is 3.00. The first-order valence-electron chi connectivity index (χ1n) is 8.22. The van der Waals surface area contributed by atoms with Gasteiger partial charge in [0.1, 0.15) is 0 Å². The van der Waals surface area contributed by atoms with Crippen LogP contribution in [0.3, 0.4) is 0 Å². The van der Waals surface area contributed by atoms with E-state index in [9.17, 15) is 0 Å². The highest BCUT2D eigenvalue weighted by atomic mass is 15.2. The van der Waals surface area contributed by atoms with Gasteiger partial charge in [-0.05, 0) is 44.0 Å². The standard InChI is InChI=1S/C17H29N3/c1-3-11-18-12-15-9-10-16(19-13-15)14-20(4-2)17-7-5-6-8-17/h9-10,13,17-18H,3-8,11-12,14H2,1-2H3. The number of hydrogen-bond acceptors (Lipinski definition) is 3. The molecule has 112 valence electrons. The van der Waals surface area contributed by atoms with Crippen molar-refractivity contribution in [2.75, 3.05) is 13.1 Å². The summed E-state index contributed by atoms with van der Waals surface area (Å²) in [5.41, 5.74) is 2.49. The maximum atomic E-state index is 4.63. The molecule has 3 heteroatoms. The van der Waals surface area contributed by atoms with E-state index in [1.165, 1.54) is 43.4 Å². The minimum absolute atomic E-state index is 0.785. The van der Waals surface area contributed by atoms with Gasteiger partial charge in [0.2, 0.25) is 0 Å². The molecule has 3 nitrogen and oxygen atoms in total. The third-order valence-corrected chi connectivity index (χ3v) is 4.25. The third-order valence-electron chi connectivity index (χ3n) is 4.25. The van der Waals surface area contributed by atoms with Gasteiger partial charge in [0.15, 0.2) is 0 Å². The summed E-state index contributed by atoms with van der Waals surface area (Å²) < 4.78 is 0. The summed E-state index contributed by atoms with van der Waals surface area (Å²) in [6.45, 7) is 8.60. The Balaban J connectivity index is 1.85. The number of pyridine rings is 1. The van der Waals surface area contributed by atoms with Crippen LogP contribution >= 0.6 is 0 Å². The molecule has 0 atom stereocenters. The topological polar surface area (TPSA) is 28.2 Å². The summed E-state index contributed by atoms with van der Waals surface area (Å²) in [6.07, 6.45) is 8.74. The molecule has 0 aromatic carbocycles. The predicted molar refractivity (Wildman–Crippen MR) is 84.6 cm³/mol. The Morgan fingerprint density at radius 2 is 2.05 bits per heavy atom. The van der Waals surface area contributed by atoms with Gasteiger partial charge in [0.05, 0.1) is 5.69 Å². The summed E-state index contributed by atoms with van der Waals surface area (Å²) in [5.74, 6) is 0. The van der Waals surface area contributed by atoms with E-state index in [-0.39, 0.29) is 0 Å². The fourth-order valence-electron chi connectivity index (χ4n) is 3.04. The SMILES string of the molecule is CCCNCc1ccc(CN(CC)C2CCCC2)nc1. The van der Waals surface area contributed by atoms with Crippen molar-refractivity contribution in [2.45, 2.75) is 65.1 Å². The smallest absolute Gasteiger partial charge is 0.0544 e. The van der Waals surface area contributed by atoms with E-state index in [0.717, 1.165) is 32.2 Å². The lowest BCUT2D eigenvalue weighted by Gasteiger charge is -2.26. The van der Waals surface area contributed by atoms with Crippen molar-refractivity contribution in [2.24, 2.45) is 0 Å². The Hall–Kier alpha value is -0.930. The lowest BCUT2D eigenvalue weighted by molar-refractivity contribution is 0.198. The van der Waals surface area contributed by atoms with Crippen LogP contribution in [0.25, 0.3) is 0 Å². The average molecular weight is 275 g/mol. The van der Waals surface area contributed by atoms with Gasteiger partial charge < -0.3 is 5.32 Å². The molecule has 0 bridgehead atoms. The largest absolute Gasteiger partial charge is 0.313 e. The molecular formula is C17H29N3. The Bertz CT molecular complexity index is 368. The van der Waals surface area contributed by atoms with Gasteiger partial charge in [-0.3, -0.25) is 9.88 Å². The summed E-state index contributed by atoms with van der Waals surface area (Å²) in [6, 6.07) is 5.20. The molecule has 2 rings (SSSR count). The van der Waals surface area contributed by atoms with Crippen molar-refractivity contribution in [3.8, 4) is 0 Å². The predicted octanol–water partition coefficient (Wildman–Crippen LogP) is 3.35. The van der Waals surface area contributed by atoms with E-state index in [2.05, 4.69) is 41.2 Å². The molecule has 1 heterocycles. The van der Waals surface area contributed by atoms with Gasteiger partial charge in [-0.25, -0.2) is 0 Å². The molecule has 0 saturated heterocycles. The molecule has 20 heavy (non-hydrogen) atoms. The Morgan fingerprint density at radius 3 is 2.65 bits per heavy atom. The van der Waals surface area contributed by atoms with Crippen LogP contribution in [0.1, 0.15) is 57.2 Å². The third kappa shape index (κ3) is 4.57. The highest BCUT2D eigenvalue weighted by Gasteiger charge is 2.21. The van der Waals surface area contributed by atoms with Crippen LogP contribution in [0.5, 0.6) is 0 Å². The van der Waals surface area contributed by atoms with Gasteiger partial charge in [-0.2, -0.15) is 0 Å². The minimum Gasteiger partial charge on any atom is -0.313 e. The second-order valence-electron chi connectivity index (χ2n) is 5.84. The van der Waals surface area contributed by atoms with E-state index in [1.54, 1.807) is 0 Å². The first-order chi connectivity index (χ1) is 9.83. The zero-order valence-electron chi connectivity index (χ0n) is 13.1. The van der Waals surface area contributed by atoms with Crippen molar-refractivity contribution in [3.05, 3.63) is 29.6 Å². The van der Waals surface area contributed by atoms with Crippen molar-refractivity contribution < 1.29 is 0 Å². The zero-order valence-corrected chi connectivity index (χ0v) is 13.1. The highest BCUT2D eigenvalue weighted by molar-refractivity contribution is 5.14. The van der Waals surface area contributed by atoms with Crippen molar-refractivity contribution in [1.29, 1.82) is 0 Å². The molecule has 0 unspecified atom stereocenters. The number of nitrogens with one attached hydrogen (secondary N) is 1. The van der Waals surface area contributed by atoms with Gasteiger partial charge in [-0.15, -0.1) is 0 Å². The first kappa shape index (κ1) is 15.5. The van der Waals surface area contributed by atoms with Gasteiger partial charge >= 0.3 is 0 Å². The van der Waals surface area contributed by atoms with E-state index < -0.39 is 0 Å². The normalized spacial score (nSPS) is 16.1. The summed E-state index contributed by atoms with van der Waals surface area (Å²) in [7, 11) is 0. The molecule has 0 spiro atoms. The molecule has 0 radical (unpaired) electrons. The fraction of sp³-hybridized carbons (Fsp3) is 0.706. The zero-order chi connectivity index (χ0) is 14.2. The van der Waals surface area contributed by atoms with E-state index >= 15 is 0 Å². The van der Waals surface area contributed by atoms with Crippen LogP contribution in [0.4, 0.5) is 0 Å². The number of hydrogen-bond donors (Lipinski definition) is 1. The van der Waals surface area contributed by atoms with E-state index in [0.29, 0.717) is 0 Å². The number of aromatic nitrogens is 1. The molecule has 1 aromatic rings. The van der Waals surface area contributed by atoms with E-state index in [1.807, 2.05) is 6.20 Å². The quantitative estimate of drug-likeness (QED) is 0.738. The molecule has 1 aliphatic carbocycles. The van der Waals surface area contributed by atoms with Crippen molar-refractivity contribution in [1.82, 2.24) is 15.2 Å². The van der Waals surface area contributed by atoms with Gasteiger partial charge in [0.25, 0.3) is 0 Å². The van der Waals surface area contributed by atoms with Crippen LogP contribution in [0.2, 0.25) is 0 Å². The summed E-state index contributed by atoms with van der Waals surface area (Å²) >= 11 is 0. The summed E-state index contributed by atoms with van der Waals surface area (Å²) in [4.78, 5) is 7.22. The molecular weight excluding hydrogens is 246 g/mol. The molecule has 1 aromatic heterocycles. The van der Waals surface area contributed by atoms with Crippen LogP contribution < -0.4 is 5.32 Å².